The highest BCUT2D eigenvalue weighted by atomic mass is 19.1. The van der Waals surface area contributed by atoms with E-state index in [0.717, 1.165) is 24.2 Å². The molecular weight excluding hydrogens is 481 g/mol. The Hall–Kier alpha value is -4.32. The summed E-state index contributed by atoms with van der Waals surface area (Å²) in [5, 5.41) is 16.8. The number of fused-ring (bicyclic) bond motifs is 1. The average molecular weight is 510 g/mol. The van der Waals surface area contributed by atoms with Crippen molar-refractivity contribution in [3.63, 3.8) is 0 Å². The summed E-state index contributed by atoms with van der Waals surface area (Å²) < 4.78 is 19.4. The molecule has 2 atom stereocenters. The normalized spacial score (nSPS) is 17.3. The third-order valence-corrected chi connectivity index (χ3v) is 6.91. The lowest BCUT2D eigenvalue weighted by atomic mass is 9.94. The molecule has 0 aliphatic carbocycles. The first kappa shape index (κ1) is 25.3. The van der Waals surface area contributed by atoms with E-state index in [1.165, 1.54) is 12.1 Å². The van der Waals surface area contributed by atoms with E-state index in [0.29, 0.717) is 35.3 Å². The van der Waals surface area contributed by atoms with Crippen LogP contribution in [-0.4, -0.2) is 55.3 Å². The largest absolute Gasteiger partial charge is 0.383 e. The number of amides is 2. The molecule has 5 rings (SSSR count). The Morgan fingerprint density at radius 3 is 2.53 bits per heavy atom. The molecule has 2 heterocycles. The van der Waals surface area contributed by atoms with Gasteiger partial charge in [0, 0.05) is 49.0 Å². The van der Waals surface area contributed by atoms with Gasteiger partial charge in [-0.25, -0.2) is 14.2 Å². The molecule has 0 radical (unpaired) electrons. The second-order valence-electron chi connectivity index (χ2n) is 9.33. The maximum absolute atomic E-state index is 14.1. The summed E-state index contributed by atoms with van der Waals surface area (Å²) in [6, 6.07) is 25.2. The monoisotopic (exact) mass is 509 g/mol. The number of benzene rings is 3. The van der Waals surface area contributed by atoms with Crippen LogP contribution in [-0.2, 0) is 4.74 Å². The van der Waals surface area contributed by atoms with Gasteiger partial charge in [-0.15, -0.1) is 0 Å². The lowest BCUT2D eigenvalue weighted by molar-refractivity contribution is 0.159. The first-order valence-electron chi connectivity index (χ1n) is 12.5. The molecule has 1 aliphatic heterocycles. The van der Waals surface area contributed by atoms with Crippen molar-refractivity contribution in [2.24, 2.45) is 0 Å². The molecule has 2 N–H and O–H groups in total. The van der Waals surface area contributed by atoms with E-state index >= 15 is 0 Å². The van der Waals surface area contributed by atoms with Crippen molar-refractivity contribution in [3.8, 4) is 17.3 Å². The van der Waals surface area contributed by atoms with Crippen LogP contribution in [0.5, 0.6) is 0 Å². The Labute approximate surface area is 220 Å². The summed E-state index contributed by atoms with van der Waals surface area (Å²) in [7, 11) is 1.68. The van der Waals surface area contributed by atoms with Gasteiger partial charge in [0.05, 0.1) is 24.0 Å². The quantitative estimate of drug-likeness (QED) is 0.360. The third kappa shape index (κ3) is 5.35. The van der Waals surface area contributed by atoms with Crippen LogP contribution in [0.15, 0.2) is 78.9 Å². The second-order valence-corrected chi connectivity index (χ2v) is 9.33. The molecule has 7 nitrogen and oxygen atoms in total. The van der Waals surface area contributed by atoms with Gasteiger partial charge in [0.1, 0.15) is 17.6 Å². The minimum atomic E-state index is -0.480. The number of nitriles is 1. The minimum Gasteiger partial charge on any atom is -0.383 e. The molecule has 1 fully saturated rings. The number of methoxy groups -OCH3 is 1. The van der Waals surface area contributed by atoms with Crippen molar-refractivity contribution in [2.75, 3.05) is 38.7 Å². The van der Waals surface area contributed by atoms with Crippen molar-refractivity contribution in [1.29, 1.82) is 5.26 Å². The molecule has 192 valence electrons. The lowest BCUT2D eigenvalue weighted by Gasteiger charge is -2.22. The van der Waals surface area contributed by atoms with Crippen LogP contribution >= 0.6 is 0 Å². The van der Waals surface area contributed by atoms with Crippen molar-refractivity contribution in [1.82, 2.24) is 15.2 Å². The maximum atomic E-state index is 14.1. The predicted octanol–water partition coefficient (Wildman–Crippen LogP) is 5.15. The summed E-state index contributed by atoms with van der Waals surface area (Å²) in [6.07, 6.45) is 0. The molecule has 1 saturated heterocycles. The lowest BCUT2D eigenvalue weighted by Crippen LogP contribution is -2.42. The number of carbonyl (C=O) groups is 1. The van der Waals surface area contributed by atoms with Gasteiger partial charge >= 0.3 is 6.03 Å². The van der Waals surface area contributed by atoms with Crippen LogP contribution in [0.4, 0.5) is 14.9 Å². The molecule has 0 saturated carbocycles. The zero-order valence-corrected chi connectivity index (χ0v) is 21.0. The number of pyridine rings is 1. The van der Waals surface area contributed by atoms with Gasteiger partial charge in [-0.05, 0) is 23.8 Å². The highest BCUT2D eigenvalue weighted by molar-refractivity contribution is 6.08. The fraction of sp³-hybridized carbons (Fsp3) is 0.233. The Morgan fingerprint density at radius 2 is 1.82 bits per heavy atom. The fourth-order valence-corrected chi connectivity index (χ4v) is 5.09. The Morgan fingerprint density at radius 1 is 1.08 bits per heavy atom. The van der Waals surface area contributed by atoms with Gasteiger partial charge in [0.15, 0.2) is 0 Å². The summed E-state index contributed by atoms with van der Waals surface area (Å²) in [4.78, 5) is 20.3. The molecule has 3 aromatic carbocycles. The Balaban J connectivity index is 1.48. The molecule has 0 spiro atoms. The second kappa shape index (κ2) is 11.4. The molecule has 4 aromatic rings. The number of rotatable bonds is 7. The third-order valence-electron chi connectivity index (χ3n) is 6.91. The number of anilines is 1. The van der Waals surface area contributed by atoms with Crippen LogP contribution < -0.4 is 10.6 Å². The molecule has 0 bridgehead atoms. The molecule has 1 aromatic heterocycles. The van der Waals surface area contributed by atoms with Crippen LogP contribution in [0, 0.1) is 17.1 Å². The van der Waals surface area contributed by atoms with Gasteiger partial charge < -0.3 is 15.4 Å². The summed E-state index contributed by atoms with van der Waals surface area (Å²) in [6.45, 7) is 2.86. The molecular formula is C30H28FN5O2. The first-order valence-corrected chi connectivity index (χ1v) is 12.5. The van der Waals surface area contributed by atoms with Gasteiger partial charge in [-0.1, -0.05) is 60.7 Å². The molecule has 38 heavy (non-hydrogen) atoms. The van der Waals surface area contributed by atoms with E-state index in [9.17, 15) is 14.4 Å². The number of urea groups is 1. The minimum absolute atomic E-state index is 0.0954. The topological polar surface area (TPSA) is 90.3 Å². The number of nitrogens with zero attached hydrogens (tertiary/aromatic N) is 3. The van der Waals surface area contributed by atoms with Crippen LogP contribution in [0.1, 0.15) is 17.2 Å². The van der Waals surface area contributed by atoms with Gasteiger partial charge in [0.25, 0.3) is 0 Å². The number of aromatic nitrogens is 1. The first-order chi connectivity index (χ1) is 18.6. The Kier molecular flexibility index (Phi) is 7.59. The zero-order valence-electron chi connectivity index (χ0n) is 21.0. The number of nitrogens with one attached hydrogen (secondary N) is 2. The van der Waals surface area contributed by atoms with Gasteiger partial charge in [0.2, 0.25) is 0 Å². The number of ether oxygens (including phenoxy) is 1. The molecule has 1 aliphatic rings. The smallest absolute Gasteiger partial charge is 0.319 e. The van der Waals surface area contributed by atoms with Gasteiger partial charge in [-0.3, -0.25) is 4.90 Å². The van der Waals surface area contributed by atoms with Crippen LogP contribution in [0.3, 0.4) is 0 Å². The fourth-order valence-electron chi connectivity index (χ4n) is 5.09. The number of carbonyl (C=O) groups excluding carboxylic acids is 1. The van der Waals surface area contributed by atoms with E-state index in [-0.39, 0.29) is 23.7 Å². The van der Waals surface area contributed by atoms with Crippen molar-refractivity contribution in [2.45, 2.75) is 12.0 Å². The maximum Gasteiger partial charge on any atom is 0.319 e. The summed E-state index contributed by atoms with van der Waals surface area (Å²) in [5.41, 5.74) is 2.86. The number of hydrogen-bond acceptors (Lipinski definition) is 5. The highest BCUT2D eigenvalue weighted by Crippen LogP contribution is 2.35. The SMILES string of the molecule is COCCN1C[C@@H](NC(=O)Nc2c(-c3ccccc3)nc(C#N)c3cc(F)ccc23)[C@H](c2ccccc2)C1. The standard InChI is InChI=1S/C30H28FN5O2/c1-38-15-14-36-18-25(20-8-4-2-5-9-20)27(19-36)34-30(37)35-29-23-13-12-22(31)16-24(23)26(17-32)33-28(29)21-10-6-3-7-11-21/h2-13,16,25,27H,14-15,18-19H2,1H3,(H2,34,35,37)/t25-,27+/m0/s1. The average Bonchev–Trinajstić information content (AvgIpc) is 3.35. The van der Waals surface area contributed by atoms with E-state index in [1.54, 1.807) is 13.2 Å². The van der Waals surface area contributed by atoms with E-state index < -0.39 is 5.82 Å². The van der Waals surface area contributed by atoms with Crippen molar-refractivity contribution >= 4 is 22.5 Å². The van der Waals surface area contributed by atoms with Crippen LogP contribution in [0.2, 0.25) is 0 Å². The van der Waals surface area contributed by atoms with Gasteiger partial charge in [-0.2, -0.15) is 5.26 Å². The van der Waals surface area contributed by atoms with Crippen LogP contribution in [0.25, 0.3) is 22.0 Å². The highest BCUT2D eigenvalue weighted by Gasteiger charge is 2.34. The molecule has 8 heteroatoms. The predicted molar refractivity (Wildman–Crippen MR) is 145 cm³/mol. The van der Waals surface area contributed by atoms with E-state index in [2.05, 4.69) is 38.7 Å². The molecule has 2 amide bonds. The number of likely N-dealkylation sites (tertiary alicyclic amines) is 1. The van der Waals surface area contributed by atoms with Crippen molar-refractivity contribution < 1.29 is 13.9 Å². The van der Waals surface area contributed by atoms with Crippen molar-refractivity contribution in [3.05, 3.63) is 95.9 Å². The Bertz CT molecular complexity index is 1470. The zero-order chi connectivity index (χ0) is 26.5. The van der Waals surface area contributed by atoms with E-state index in [1.807, 2.05) is 48.5 Å². The number of hydrogen-bond donors (Lipinski definition) is 2. The summed E-state index contributed by atoms with van der Waals surface area (Å²) >= 11 is 0. The number of halogens is 1. The van der Waals surface area contributed by atoms with E-state index in [4.69, 9.17) is 4.74 Å². The molecule has 0 unspecified atom stereocenters. The summed E-state index contributed by atoms with van der Waals surface area (Å²) in [5.74, 6) is -0.371.